The fraction of sp³-hybridized carbons (Fsp3) is 0.870. The molecule has 0 saturated heterocycles. The minimum atomic E-state index is -4.73. The number of phosphoric ester groups is 1. The van der Waals surface area contributed by atoms with Gasteiger partial charge in [0.15, 0.2) is 6.10 Å². The zero-order chi connectivity index (χ0) is 48.4. The number of allylic oxidation sites excluding steroid dienone is 4. The number of hydrogen-bond donors (Lipinski definition) is 2. The first-order chi connectivity index (χ1) is 32.2. The van der Waals surface area contributed by atoms with Gasteiger partial charge in [0, 0.05) is 19.3 Å². The Labute approximate surface area is 404 Å². The molecule has 0 bridgehead atoms. The van der Waals surface area contributed by atoms with E-state index in [0.29, 0.717) is 19.3 Å². The summed E-state index contributed by atoms with van der Waals surface area (Å²) in [7, 11) is -4.73. The first-order valence-corrected chi connectivity index (χ1v) is 28.7. The molecular weight excluding hydrogens is 856 g/mol. The van der Waals surface area contributed by atoms with Crippen molar-refractivity contribution in [3.8, 4) is 0 Å². The summed E-state index contributed by atoms with van der Waals surface area (Å²) in [5, 5.41) is 9.75. The van der Waals surface area contributed by atoms with Gasteiger partial charge in [-0.05, 0) is 51.4 Å². The van der Waals surface area contributed by atoms with Crippen molar-refractivity contribution < 1.29 is 52.2 Å². The van der Waals surface area contributed by atoms with Gasteiger partial charge in [0.2, 0.25) is 0 Å². The number of ether oxygens (including phenoxy) is 3. The highest BCUT2D eigenvalue weighted by atomic mass is 31.2. The van der Waals surface area contributed by atoms with Gasteiger partial charge in [0.05, 0.1) is 19.8 Å². The van der Waals surface area contributed by atoms with Gasteiger partial charge in [-0.25, -0.2) is 4.57 Å². The number of rotatable bonds is 51. The summed E-state index contributed by atoms with van der Waals surface area (Å²) in [4.78, 5) is 48.3. The van der Waals surface area contributed by atoms with Gasteiger partial charge in [-0.2, -0.15) is 0 Å². The summed E-state index contributed by atoms with van der Waals surface area (Å²) in [6.07, 6.45) is 47.2. The smallest absolute Gasteiger partial charge is 0.462 e. The van der Waals surface area contributed by atoms with Gasteiger partial charge in [-0.1, -0.05) is 218 Å². The summed E-state index contributed by atoms with van der Waals surface area (Å²) in [6, 6.07) is 0. The summed E-state index contributed by atoms with van der Waals surface area (Å²) >= 11 is 0. The number of esters is 3. The van der Waals surface area contributed by atoms with Crippen molar-refractivity contribution in [1.82, 2.24) is 0 Å². The van der Waals surface area contributed by atoms with E-state index >= 15 is 0 Å². The standard InChI is InChI=1S/C54H101O11P/c1-4-7-10-13-16-19-21-23-25-27-29-32-34-37-40-43-52(56)61-47-51(65-54(58)45-42-39-36-33-30-28-26-24-22-20-17-14-11-8-5-2)49-63-66(59,60)62-48-50(46-55)64-53(57)44-41-38-35-31-18-15-12-9-6-3/h16,19,23,25,50-51,55H,4-15,17-18,20-22,24,26-49H2,1-3H3,(H,59,60)/b19-16-,25-23-. The quantitative estimate of drug-likeness (QED) is 0.0197. The van der Waals surface area contributed by atoms with Gasteiger partial charge >= 0.3 is 25.7 Å². The number of carbonyl (C=O) groups is 3. The van der Waals surface area contributed by atoms with Crippen LogP contribution in [0, 0.1) is 0 Å². The maximum Gasteiger partial charge on any atom is 0.472 e. The molecule has 0 amide bonds. The van der Waals surface area contributed by atoms with E-state index in [4.69, 9.17) is 23.3 Å². The third-order valence-corrected chi connectivity index (χ3v) is 12.8. The Morgan fingerprint density at radius 1 is 0.424 bits per heavy atom. The van der Waals surface area contributed by atoms with Crippen LogP contribution in [0.5, 0.6) is 0 Å². The summed E-state index contributed by atoms with van der Waals surface area (Å²) < 4.78 is 39.4. The highest BCUT2D eigenvalue weighted by Crippen LogP contribution is 2.43. The molecule has 3 unspecified atom stereocenters. The minimum absolute atomic E-state index is 0.171. The maximum atomic E-state index is 12.9. The van der Waals surface area contributed by atoms with Crippen LogP contribution >= 0.6 is 7.82 Å². The topological polar surface area (TPSA) is 155 Å². The normalized spacial score (nSPS) is 13.6. The Kier molecular flexibility index (Phi) is 47.9. The fourth-order valence-corrected chi connectivity index (χ4v) is 8.47. The molecule has 3 atom stereocenters. The molecule has 0 saturated carbocycles. The molecule has 66 heavy (non-hydrogen) atoms. The van der Waals surface area contributed by atoms with Crippen LogP contribution in [0.3, 0.4) is 0 Å². The summed E-state index contributed by atoms with van der Waals surface area (Å²) in [5.41, 5.74) is 0. The molecule has 388 valence electrons. The highest BCUT2D eigenvalue weighted by molar-refractivity contribution is 7.47. The van der Waals surface area contributed by atoms with Crippen molar-refractivity contribution >= 4 is 25.7 Å². The number of hydrogen-bond acceptors (Lipinski definition) is 10. The molecule has 0 rings (SSSR count). The Morgan fingerprint density at radius 2 is 0.742 bits per heavy atom. The number of aliphatic hydroxyl groups excluding tert-OH is 1. The lowest BCUT2D eigenvalue weighted by molar-refractivity contribution is -0.161. The van der Waals surface area contributed by atoms with Crippen LogP contribution in [0.2, 0.25) is 0 Å². The first kappa shape index (κ1) is 64.0. The Balaban J connectivity index is 4.73. The van der Waals surface area contributed by atoms with E-state index in [1.54, 1.807) is 0 Å². The fourth-order valence-electron chi connectivity index (χ4n) is 7.68. The number of aliphatic hydroxyl groups is 1. The van der Waals surface area contributed by atoms with E-state index in [2.05, 4.69) is 45.1 Å². The molecule has 0 radical (unpaired) electrons. The molecule has 0 aromatic rings. The lowest BCUT2D eigenvalue weighted by Gasteiger charge is -2.21. The zero-order valence-corrected chi connectivity index (χ0v) is 43.6. The van der Waals surface area contributed by atoms with Gasteiger partial charge in [-0.15, -0.1) is 0 Å². The number of phosphoric acid groups is 1. The monoisotopic (exact) mass is 957 g/mol. The van der Waals surface area contributed by atoms with Crippen molar-refractivity contribution in [3.05, 3.63) is 24.3 Å². The van der Waals surface area contributed by atoms with E-state index in [1.165, 1.54) is 122 Å². The second kappa shape index (κ2) is 49.4. The molecule has 0 fully saturated rings. The van der Waals surface area contributed by atoms with E-state index in [0.717, 1.165) is 83.5 Å². The first-order valence-electron chi connectivity index (χ1n) is 27.2. The summed E-state index contributed by atoms with van der Waals surface area (Å²) in [6.45, 7) is 4.60. The Hall–Kier alpha value is -2.04. The predicted octanol–water partition coefficient (Wildman–Crippen LogP) is 15.5. The predicted molar refractivity (Wildman–Crippen MR) is 270 cm³/mol. The van der Waals surface area contributed by atoms with Crippen molar-refractivity contribution in [2.24, 2.45) is 0 Å². The van der Waals surface area contributed by atoms with Gasteiger partial charge in [0.1, 0.15) is 12.7 Å². The molecule has 11 nitrogen and oxygen atoms in total. The molecule has 12 heteroatoms. The molecule has 0 spiro atoms. The van der Waals surface area contributed by atoms with Crippen LogP contribution in [0.1, 0.15) is 265 Å². The largest absolute Gasteiger partial charge is 0.472 e. The molecule has 0 aromatic carbocycles. The van der Waals surface area contributed by atoms with Crippen LogP contribution in [0.4, 0.5) is 0 Å². The molecule has 2 N–H and O–H groups in total. The van der Waals surface area contributed by atoms with Crippen LogP contribution in [-0.2, 0) is 42.2 Å². The zero-order valence-electron chi connectivity index (χ0n) is 42.7. The third-order valence-electron chi connectivity index (χ3n) is 11.9. The Morgan fingerprint density at radius 3 is 1.15 bits per heavy atom. The van der Waals surface area contributed by atoms with Gasteiger partial charge < -0.3 is 24.2 Å². The number of carbonyl (C=O) groups excluding carboxylic acids is 3. The second-order valence-corrected chi connectivity index (χ2v) is 19.9. The highest BCUT2D eigenvalue weighted by Gasteiger charge is 2.28. The van der Waals surface area contributed by atoms with Gasteiger partial charge in [0.25, 0.3) is 0 Å². The molecule has 0 aliphatic rings. The molecular formula is C54H101O11P. The lowest BCUT2D eigenvalue weighted by Crippen LogP contribution is -2.30. The maximum absolute atomic E-state index is 12.9. The SMILES string of the molecule is CCCCC/C=C\C/C=C\CCCCCCCC(=O)OCC(COP(=O)(O)OCC(CO)OC(=O)CCCCCCCCCCC)OC(=O)CCCCCCCCCCCCCCCCC. The van der Waals surface area contributed by atoms with Crippen LogP contribution < -0.4 is 0 Å². The van der Waals surface area contributed by atoms with Crippen LogP contribution in [0.15, 0.2) is 24.3 Å². The van der Waals surface area contributed by atoms with Crippen molar-refractivity contribution in [2.45, 2.75) is 277 Å². The molecule has 0 aliphatic carbocycles. The van der Waals surface area contributed by atoms with Crippen molar-refractivity contribution in [1.29, 1.82) is 0 Å². The van der Waals surface area contributed by atoms with E-state index in [1.807, 2.05) is 0 Å². The van der Waals surface area contributed by atoms with E-state index in [9.17, 15) is 28.9 Å². The summed E-state index contributed by atoms with van der Waals surface area (Å²) in [5.74, 6) is -1.46. The lowest BCUT2D eigenvalue weighted by atomic mass is 10.0. The second-order valence-electron chi connectivity index (χ2n) is 18.4. The third kappa shape index (κ3) is 47.0. The van der Waals surface area contributed by atoms with E-state index < -0.39 is 57.8 Å². The van der Waals surface area contributed by atoms with Gasteiger partial charge in [-0.3, -0.25) is 23.4 Å². The minimum Gasteiger partial charge on any atom is -0.462 e. The average molecular weight is 957 g/mol. The molecule has 0 heterocycles. The van der Waals surface area contributed by atoms with Crippen molar-refractivity contribution in [3.63, 3.8) is 0 Å². The van der Waals surface area contributed by atoms with Crippen LogP contribution in [-0.4, -0.2) is 66.5 Å². The average Bonchev–Trinajstić information content (AvgIpc) is 3.30. The van der Waals surface area contributed by atoms with Crippen LogP contribution in [0.25, 0.3) is 0 Å². The Bertz CT molecular complexity index is 1210. The van der Waals surface area contributed by atoms with E-state index in [-0.39, 0.29) is 25.9 Å². The molecule has 0 aliphatic heterocycles. The molecule has 0 aromatic heterocycles. The number of unbranched alkanes of at least 4 members (excludes halogenated alkanes) is 30. The van der Waals surface area contributed by atoms with Crippen molar-refractivity contribution in [2.75, 3.05) is 26.4 Å².